The van der Waals surface area contributed by atoms with Gasteiger partial charge in [0.05, 0.1) is 6.61 Å². The number of rotatable bonds is 6. The molecule has 0 bridgehead atoms. The average Bonchev–Trinajstić information content (AvgIpc) is 2.54. The van der Waals surface area contributed by atoms with Crippen LogP contribution in [0, 0.1) is 0 Å². The number of hydrogen-bond acceptors (Lipinski definition) is 4. The first-order chi connectivity index (χ1) is 11.2. The van der Waals surface area contributed by atoms with Crippen molar-refractivity contribution in [3.63, 3.8) is 0 Å². The Kier molecular flexibility index (Phi) is 6.17. The van der Waals surface area contributed by atoms with Gasteiger partial charge in [0.15, 0.2) is 0 Å². The van der Waals surface area contributed by atoms with Crippen LogP contribution in [0.2, 0.25) is 0 Å². The molecule has 0 aromatic heterocycles. The van der Waals surface area contributed by atoms with Crippen molar-refractivity contribution in [1.29, 1.82) is 0 Å². The van der Waals surface area contributed by atoms with E-state index in [2.05, 4.69) is 5.32 Å². The molecule has 0 saturated carbocycles. The predicted molar refractivity (Wildman–Crippen MR) is 87.5 cm³/mol. The second-order valence-electron chi connectivity index (χ2n) is 4.83. The lowest BCUT2D eigenvalue weighted by molar-refractivity contribution is -0.134. The summed E-state index contributed by atoms with van der Waals surface area (Å²) >= 11 is 0. The average molecular weight is 313 g/mol. The van der Waals surface area contributed by atoms with Gasteiger partial charge in [-0.05, 0) is 31.0 Å². The number of nitrogens with one attached hydrogen (secondary N) is 1. The van der Waals surface area contributed by atoms with Crippen LogP contribution in [-0.2, 0) is 16.0 Å². The van der Waals surface area contributed by atoms with E-state index in [0.29, 0.717) is 30.9 Å². The van der Waals surface area contributed by atoms with E-state index in [1.807, 2.05) is 30.3 Å². The van der Waals surface area contributed by atoms with Gasteiger partial charge in [-0.3, -0.25) is 10.1 Å². The Labute approximate surface area is 135 Å². The standard InChI is InChI=1S/C18H19NO4/c1-2-22-18(21)19-15-9-6-10-16(13-15)23-17(20)12-11-14-7-4-3-5-8-14/h3-10,13H,2,11-12H2,1H3,(H,19,21). The van der Waals surface area contributed by atoms with Gasteiger partial charge in [0.1, 0.15) is 5.75 Å². The summed E-state index contributed by atoms with van der Waals surface area (Å²) in [5, 5.41) is 2.56. The Morgan fingerprint density at radius 1 is 1.04 bits per heavy atom. The smallest absolute Gasteiger partial charge is 0.411 e. The first kappa shape index (κ1) is 16.5. The maximum Gasteiger partial charge on any atom is 0.411 e. The summed E-state index contributed by atoms with van der Waals surface area (Å²) in [6.07, 6.45) is 0.375. The van der Waals surface area contributed by atoms with Crippen LogP contribution in [0.3, 0.4) is 0 Å². The molecular formula is C18H19NO4. The van der Waals surface area contributed by atoms with Crippen LogP contribution < -0.4 is 10.1 Å². The highest BCUT2D eigenvalue weighted by atomic mass is 16.5. The number of amides is 1. The minimum absolute atomic E-state index is 0.291. The molecule has 2 rings (SSSR count). The van der Waals surface area contributed by atoms with Crippen LogP contribution in [0.5, 0.6) is 5.75 Å². The minimum atomic E-state index is -0.542. The summed E-state index contributed by atoms with van der Waals surface area (Å²) in [7, 11) is 0. The summed E-state index contributed by atoms with van der Waals surface area (Å²) in [6, 6.07) is 16.4. The van der Waals surface area contributed by atoms with Crippen LogP contribution in [0.25, 0.3) is 0 Å². The van der Waals surface area contributed by atoms with Crippen molar-refractivity contribution in [2.75, 3.05) is 11.9 Å². The summed E-state index contributed by atoms with van der Waals surface area (Å²) in [4.78, 5) is 23.3. The molecule has 1 N–H and O–H groups in total. The monoisotopic (exact) mass is 313 g/mol. The van der Waals surface area contributed by atoms with Gasteiger partial charge in [-0.1, -0.05) is 36.4 Å². The van der Waals surface area contributed by atoms with Crippen LogP contribution in [0.4, 0.5) is 10.5 Å². The molecule has 0 unspecified atom stereocenters. The molecule has 2 aromatic carbocycles. The molecule has 120 valence electrons. The highest BCUT2D eigenvalue weighted by Crippen LogP contribution is 2.18. The lowest BCUT2D eigenvalue weighted by Crippen LogP contribution is -2.13. The number of aryl methyl sites for hydroxylation is 1. The van der Waals surface area contributed by atoms with E-state index in [-0.39, 0.29) is 5.97 Å². The second-order valence-corrected chi connectivity index (χ2v) is 4.83. The molecule has 0 fully saturated rings. The summed E-state index contributed by atoms with van der Waals surface area (Å²) in [5.41, 5.74) is 1.60. The zero-order valence-corrected chi connectivity index (χ0v) is 13.0. The van der Waals surface area contributed by atoms with Crippen molar-refractivity contribution < 1.29 is 19.1 Å². The van der Waals surface area contributed by atoms with E-state index in [0.717, 1.165) is 5.56 Å². The number of esters is 1. The van der Waals surface area contributed by atoms with E-state index in [1.165, 1.54) is 0 Å². The van der Waals surface area contributed by atoms with E-state index in [1.54, 1.807) is 31.2 Å². The van der Waals surface area contributed by atoms with Gasteiger partial charge in [0.25, 0.3) is 0 Å². The van der Waals surface area contributed by atoms with Crippen LogP contribution in [0.1, 0.15) is 18.9 Å². The van der Waals surface area contributed by atoms with E-state index in [4.69, 9.17) is 9.47 Å². The zero-order chi connectivity index (χ0) is 16.5. The topological polar surface area (TPSA) is 64.6 Å². The molecule has 0 radical (unpaired) electrons. The fraction of sp³-hybridized carbons (Fsp3) is 0.222. The van der Waals surface area contributed by atoms with Gasteiger partial charge in [0.2, 0.25) is 0 Å². The first-order valence-electron chi connectivity index (χ1n) is 7.46. The molecule has 5 nitrogen and oxygen atoms in total. The maximum absolute atomic E-state index is 11.9. The Hall–Kier alpha value is -2.82. The summed E-state index contributed by atoms with van der Waals surface area (Å²) in [5.74, 6) is 0.0690. The Morgan fingerprint density at radius 2 is 1.83 bits per heavy atom. The predicted octanol–water partition coefficient (Wildman–Crippen LogP) is 3.79. The molecular weight excluding hydrogens is 294 g/mol. The van der Waals surface area contributed by atoms with Gasteiger partial charge in [-0.2, -0.15) is 0 Å². The number of carbonyl (C=O) groups excluding carboxylic acids is 2. The number of ether oxygens (including phenoxy) is 2. The third-order valence-corrected chi connectivity index (χ3v) is 3.05. The van der Waals surface area contributed by atoms with Crippen molar-refractivity contribution in [2.45, 2.75) is 19.8 Å². The highest BCUT2D eigenvalue weighted by molar-refractivity contribution is 5.85. The van der Waals surface area contributed by atoms with Crippen LogP contribution >= 0.6 is 0 Å². The number of anilines is 1. The third kappa shape index (κ3) is 5.82. The van der Waals surface area contributed by atoms with E-state index < -0.39 is 6.09 Å². The SMILES string of the molecule is CCOC(=O)Nc1cccc(OC(=O)CCc2ccccc2)c1. The second kappa shape index (κ2) is 8.58. The zero-order valence-electron chi connectivity index (χ0n) is 13.0. The van der Waals surface area contributed by atoms with Crippen molar-refractivity contribution in [2.24, 2.45) is 0 Å². The van der Waals surface area contributed by atoms with Gasteiger partial charge < -0.3 is 9.47 Å². The Morgan fingerprint density at radius 3 is 2.57 bits per heavy atom. The van der Waals surface area contributed by atoms with Crippen LogP contribution in [0.15, 0.2) is 54.6 Å². The maximum atomic E-state index is 11.9. The van der Waals surface area contributed by atoms with Gasteiger partial charge in [-0.15, -0.1) is 0 Å². The van der Waals surface area contributed by atoms with Crippen LogP contribution in [-0.4, -0.2) is 18.7 Å². The molecule has 23 heavy (non-hydrogen) atoms. The van der Waals surface area contributed by atoms with E-state index in [9.17, 15) is 9.59 Å². The summed E-state index contributed by atoms with van der Waals surface area (Å²) < 4.78 is 10.1. The quantitative estimate of drug-likeness (QED) is 0.651. The highest BCUT2D eigenvalue weighted by Gasteiger charge is 2.07. The fourth-order valence-corrected chi connectivity index (χ4v) is 2.00. The Balaban J connectivity index is 1.87. The lowest BCUT2D eigenvalue weighted by Gasteiger charge is -2.08. The first-order valence-corrected chi connectivity index (χ1v) is 7.46. The van der Waals surface area contributed by atoms with Gasteiger partial charge in [0, 0.05) is 18.2 Å². The number of carbonyl (C=O) groups is 2. The van der Waals surface area contributed by atoms with Crippen molar-refractivity contribution >= 4 is 17.7 Å². The van der Waals surface area contributed by atoms with Crippen molar-refractivity contribution in [3.05, 3.63) is 60.2 Å². The molecule has 0 aliphatic rings. The van der Waals surface area contributed by atoms with Gasteiger partial charge in [-0.25, -0.2) is 4.79 Å². The Bertz CT molecular complexity index is 655. The number of hydrogen-bond donors (Lipinski definition) is 1. The normalized spacial score (nSPS) is 9.96. The molecule has 0 aliphatic heterocycles. The van der Waals surface area contributed by atoms with E-state index >= 15 is 0 Å². The van der Waals surface area contributed by atoms with Gasteiger partial charge >= 0.3 is 12.1 Å². The molecule has 0 spiro atoms. The molecule has 0 aliphatic carbocycles. The van der Waals surface area contributed by atoms with Crippen molar-refractivity contribution in [3.8, 4) is 5.75 Å². The molecule has 0 atom stereocenters. The molecule has 0 heterocycles. The minimum Gasteiger partial charge on any atom is -0.450 e. The molecule has 2 aromatic rings. The molecule has 1 amide bonds. The lowest BCUT2D eigenvalue weighted by atomic mass is 10.1. The fourth-order valence-electron chi connectivity index (χ4n) is 2.00. The molecule has 0 saturated heterocycles. The van der Waals surface area contributed by atoms with Crippen molar-refractivity contribution in [1.82, 2.24) is 0 Å². The third-order valence-electron chi connectivity index (χ3n) is 3.05. The summed E-state index contributed by atoms with van der Waals surface area (Å²) in [6.45, 7) is 2.02. The largest absolute Gasteiger partial charge is 0.450 e. The molecule has 5 heteroatoms. The number of benzene rings is 2.